The Morgan fingerprint density at radius 2 is 1.95 bits per heavy atom. The molecule has 0 spiro atoms. The van der Waals surface area contributed by atoms with Gasteiger partial charge in [0.1, 0.15) is 5.65 Å². The van der Waals surface area contributed by atoms with Crippen molar-refractivity contribution in [3.05, 3.63) is 42.7 Å². The number of anilines is 2. The molecule has 0 amide bonds. The van der Waals surface area contributed by atoms with Crippen LogP contribution in [0.3, 0.4) is 0 Å². The molecule has 1 saturated heterocycles. The molecule has 2 aromatic heterocycles. The van der Waals surface area contributed by atoms with Crippen molar-refractivity contribution in [3.63, 3.8) is 0 Å². The molecule has 4 nitrogen and oxygen atoms in total. The summed E-state index contributed by atoms with van der Waals surface area (Å²) in [5.41, 5.74) is 11.2. The Morgan fingerprint density at radius 3 is 2.81 bits per heavy atom. The normalized spacial score (nSPS) is 15.0. The lowest BCUT2D eigenvalue weighted by molar-refractivity contribution is 0.949. The Bertz CT molecular complexity index is 784. The van der Waals surface area contributed by atoms with Crippen molar-refractivity contribution >= 4 is 22.4 Å². The minimum atomic E-state index is 0.745. The van der Waals surface area contributed by atoms with Gasteiger partial charge in [0.25, 0.3) is 0 Å². The van der Waals surface area contributed by atoms with E-state index in [2.05, 4.69) is 45.2 Å². The molecule has 1 aromatic carbocycles. The van der Waals surface area contributed by atoms with E-state index in [0.29, 0.717) is 0 Å². The Balaban J connectivity index is 1.76. The van der Waals surface area contributed by atoms with E-state index in [1.54, 1.807) is 6.20 Å². The van der Waals surface area contributed by atoms with Crippen molar-refractivity contribution in [2.24, 2.45) is 0 Å². The number of benzene rings is 1. The van der Waals surface area contributed by atoms with E-state index < -0.39 is 0 Å². The second-order valence-corrected chi connectivity index (χ2v) is 5.61. The fourth-order valence-corrected chi connectivity index (χ4v) is 3.04. The molecule has 0 saturated carbocycles. The summed E-state index contributed by atoms with van der Waals surface area (Å²) in [4.78, 5) is 9.98. The van der Waals surface area contributed by atoms with E-state index in [1.807, 2.05) is 6.20 Å². The monoisotopic (exact) mass is 278 g/mol. The first-order valence-electron chi connectivity index (χ1n) is 7.39. The molecule has 0 bridgehead atoms. The molecule has 0 radical (unpaired) electrons. The lowest BCUT2D eigenvalue weighted by Crippen LogP contribution is -2.17. The number of aromatic nitrogens is 2. The molecule has 1 fully saturated rings. The van der Waals surface area contributed by atoms with Crippen LogP contribution >= 0.6 is 0 Å². The van der Waals surface area contributed by atoms with Crippen LogP contribution in [0, 0.1) is 0 Å². The summed E-state index contributed by atoms with van der Waals surface area (Å²) >= 11 is 0. The first kappa shape index (κ1) is 12.3. The Hall–Kier alpha value is -2.49. The molecule has 1 aliphatic rings. The van der Waals surface area contributed by atoms with Gasteiger partial charge in [-0.2, -0.15) is 0 Å². The molecule has 106 valence electrons. The molecular formula is C17H18N4. The lowest BCUT2D eigenvalue weighted by Gasteiger charge is -2.18. The molecule has 21 heavy (non-hydrogen) atoms. The smallest absolute Gasteiger partial charge is 0.139 e. The van der Waals surface area contributed by atoms with Gasteiger partial charge in [0.2, 0.25) is 0 Å². The summed E-state index contributed by atoms with van der Waals surface area (Å²) in [5, 5.41) is 0.985. The minimum Gasteiger partial charge on any atom is -0.397 e. The van der Waals surface area contributed by atoms with E-state index >= 15 is 0 Å². The zero-order chi connectivity index (χ0) is 14.2. The maximum Gasteiger partial charge on any atom is 0.139 e. The number of H-pyrrole nitrogens is 1. The van der Waals surface area contributed by atoms with Crippen LogP contribution in [0.25, 0.3) is 22.2 Å². The fourth-order valence-electron chi connectivity index (χ4n) is 3.04. The predicted molar refractivity (Wildman–Crippen MR) is 87.4 cm³/mol. The predicted octanol–water partition coefficient (Wildman–Crippen LogP) is 3.41. The van der Waals surface area contributed by atoms with Gasteiger partial charge >= 0.3 is 0 Å². The largest absolute Gasteiger partial charge is 0.397 e. The molecule has 0 atom stereocenters. The Labute approximate surface area is 123 Å². The van der Waals surface area contributed by atoms with E-state index in [4.69, 9.17) is 5.73 Å². The first-order valence-corrected chi connectivity index (χ1v) is 7.39. The van der Waals surface area contributed by atoms with Gasteiger partial charge in [-0.25, -0.2) is 4.98 Å². The Kier molecular flexibility index (Phi) is 2.81. The summed E-state index contributed by atoms with van der Waals surface area (Å²) in [6.07, 6.45) is 6.28. The third-order valence-electron chi connectivity index (χ3n) is 4.21. The van der Waals surface area contributed by atoms with Crippen LogP contribution in [0.4, 0.5) is 11.4 Å². The van der Waals surface area contributed by atoms with Crippen molar-refractivity contribution in [2.75, 3.05) is 23.7 Å². The van der Waals surface area contributed by atoms with Gasteiger partial charge in [-0.3, -0.25) is 0 Å². The van der Waals surface area contributed by atoms with Crippen LogP contribution in [-0.2, 0) is 0 Å². The van der Waals surface area contributed by atoms with E-state index in [0.717, 1.165) is 35.4 Å². The molecule has 4 rings (SSSR count). The van der Waals surface area contributed by atoms with Crippen molar-refractivity contribution in [1.82, 2.24) is 9.97 Å². The molecule has 0 aliphatic carbocycles. The summed E-state index contributed by atoms with van der Waals surface area (Å²) < 4.78 is 0. The average molecular weight is 278 g/mol. The van der Waals surface area contributed by atoms with Crippen LogP contribution in [0.15, 0.2) is 42.7 Å². The van der Waals surface area contributed by atoms with Gasteiger partial charge in [0.15, 0.2) is 0 Å². The topological polar surface area (TPSA) is 57.9 Å². The zero-order valence-corrected chi connectivity index (χ0v) is 11.8. The molecule has 0 unspecified atom stereocenters. The highest BCUT2D eigenvalue weighted by molar-refractivity contribution is 5.91. The van der Waals surface area contributed by atoms with Crippen molar-refractivity contribution in [2.45, 2.75) is 12.8 Å². The van der Waals surface area contributed by atoms with Crippen LogP contribution in [0.5, 0.6) is 0 Å². The second kappa shape index (κ2) is 4.81. The van der Waals surface area contributed by atoms with Crippen molar-refractivity contribution in [3.8, 4) is 11.1 Å². The fraction of sp³-hybridized carbons (Fsp3) is 0.235. The van der Waals surface area contributed by atoms with Gasteiger partial charge in [-0.05, 0) is 36.6 Å². The third-order valence-corrected chi connectivity index (χ3v) is 4.21. The number of fused-ring (bicyclic) bond motifs is 1. The number of pyridine rings is 1. The van der Waals surface area contributed by atoms with Gasteiger partial charge in [0.05, 0.1) is 5.69 Å². The number of nitrogen functional groups attached to an aromatic ring is 1. The number of nitrogens with two attached hydrogens (primary N) is 1. The number of aromatic amines is 1. The average Bonchev–Trinajstić information content (AvgIpc) is 3.18. The minimum absolute atomic E-state index is 0.745. The quantitative estimate of drug-likeness (QED) is 0.755. The molecular weight excluding hydrogens is 260 g/mol. The number of hydrogen-bond donors (Lipinski definition) is 2. The van der Waals surface area contributed by atoms with Crippen LogP contribution in [0.2, 0.25) is 0 Å². The molecule has 1 aliphatic heterocycles. The van der Waals surface area contributed by atoms with Crippen molar-refractivity contribution in [1.29, 1.82) is 0 Å². The number of hydrogen-bond acceptors (Lipinski definition) is 3. The van der Waals surface area contributed by atoms with Crippen LogP contribution in [-0.4, -0.2) is 23.1 Å². The second-order valence-electron chi connectivity index (χ2n) is 5.61. The van der Waals surface area contributed by atoms with E-state index in [9.17, 15) is 0 Å². The maximum atomic E-state index is 5.97. The number of nitrogens with zero attached hydrogens (tertiary/aromatic N) is 2. The van der Waals surface area contributed by atoms with E-state index in [-0.39, 0.29) is 0 Å². The maximum absolute atomic E-state index is 5.97. The van der Waals surface area contributed by atoms with E-state index in [1.165, 1.54) is 24.1 Å². The first-order chi connectivity index (χ1) is 10.3. The van der Waals surface area contributed by atoms with Gasteiger partial charge in [-0.1, -0.05) is 12.1 Å². The zero-order valence-electron chi connectivity index (χ0n) is 11.8. The standard InChI is InChI=1S/C17H18N4/c18-16-11-20-17-15(16)9-13(10-19-17)12-4-3-5-14(8-12)21-6-1-2-7-21/h3-5,8-11H,1-2,6-7,18H2,(H,19,20). The van der Waals surface area contributed by atoms with Crippen LogP contribution in [0.1, 0.15) is 12.8 Å². The lowest BCUT2D eigenvalue weighted by atomic mass is 10.1. The third kappa shape index (κ3) is 2.13. The molecule has 3 N–H and O–H groups in total. The van der Waals surface area contributed by atoms with Crippen LogP contribution < -0.4 is 10.6 Å². The summed E-state index contributed by atoms with van der Waals surface area (Å²) in [7, 11) is 0. The van der Waals surface area contributed by atoms with Gasteiger partial charge in [0, 0.05) is 42.1 Å². The molecule has 3 aromatic rings. The highest BCUT2D eigenvalue weighted by atomic mass is 15.1. The Morgan fingerprint density at radius 1 is 1.10 bits per heavy atom. The highest BCUT2D eigenvalue weighted by Crippen LogP contribution is 2.29. The molecule has 3 heterocycles. The number of nitrogens with one attached hydrogen (secondary N) is 1. The molecule has 4 heteroatoms. The number of rotatable bonds is 2. The summed E-state index contributed by atoms with van der Waals surface area (Å²) in [6, 6.07) is 10.8. The van der Waals surface area contributed by atoms with Crippen molar-refractivity contribution < 1.29 is 0 Å². The van der Waals surface area contributed by atoms with Gasteiger partial charge < -0.3 is 15.6 Å². The SMILES string of the molecule is Nc1c[nH]c2ncc(-c3cccc(N4CCCC4)c3)cc12. The summed E-state index contributed by atoms with van der Waals surface area (Å²) in [6.45, 7) is 2.32. The summed E-state index contributed by atoms with van der Waals surface area (Å²) in [5.74, 6) is 0. The van der Waals surface area contributed by atoms with Gasteiger partial charge in [-0.15, -0.1) is 0 Å². The highest BCUT2D eigenvalue weighted by Gasteiger charge is 2.13.